The Bertz CT molecular complexity index is 569. The van der Waals surface area contributed by atoms with Crippen molar-refractivity contribution >= 4 is 33.5 Å². The Morgan fingerprint density at radius 2 is 1.79 bits per heavy atom. The molecule has 2 rings (SSSR count). The van der Waals surface area contributed by atoms with Crippen LogP contribution in [0.2, 0.25) is 0 Å². The highest BCUT2D eigenvalue weighted by atomic mass is 79.9. The summed E-state index contributed by atoms with van der Waals surface area (Å²) in [6.07, 6.45) is 0.412. The molecule has 0 saturated heterocycles. The first-order chi connectivity index (χ1) is 9.15. The standard InChI is InChI=1S/C15H12BrFOS/c16-15-4-2-1-3-11(15)9-13(18)10-19-14-7-5-12(17)6-8-14/h1-8H,9-10H2. The van der Waals surface area contributed by atoms with Crippen LogP contribution in [0.25, 0.3) is 0 Å². The SMILES string of the molecule is O=C(CSc1ccc(F)cc1)Cc1ccccc1Br. The first kappa shape index (κ1) is 14.3. The number of carbonyl (C=O) groups excluding carboxylic acids is 1. The molecule has 0 N–H and O–H groups in total. The Morgan fingerprint density at radius 1 is 1.11 bits per heavy atom. The first-order valence-electron chi connectivity index (χ1n) is 5.78. The van der Waals surface area contributed by atoms with Crippen LogP contribution in [0.1, 0.15) is 5.56 Å². The summed E-state index contributed by atoms with van der Waals surface area (Å²) in [4.78, 5) is 12.8. The van der Waals surface area contributed by atoms with E-state index in [1.54, 1.807) is 12.1 Å². The third-order valence-electron chi connectivity index (χ3n) is 2.56. The maximum atomic E-state index is 12.7. The van der Waals surface area contributed by atoms with Crippen molar-refractivity contribution in [1.82, 2.24) is 0 Å². The Labute approximate surface area is 124 Å². The fourth-order valence-corrected chi connectivity index (χ4v) is 2.78. The van der Waals surface area contributed by atoms with E-state index in [4.69, 9.17) is 0 Å². The van der Waals surface area contributed by atoms with Gasteiger partial charge in [0.25, 0.3) is 0 Å². The van der Waals surface area contributed by atoms with E-state index in [-0.39, 0.29) is 11.6 Å². The summed E-state index contributed by atoms with van der Waals surface area (Å²) in [6.45, 7) is 0. The van der Waals surface area contributed by atoms with Crippen LogP contribution in [0.5, 0.6) is 0 Å². The molecule has 19 heavy (non-hydrogen) atoms. The van der Waals surface area contributed by atoms with Crippen molar-refractivity contribution in [3.05, 3.63) is 64.4 Å². The van der Waals surface area contributed by atoms with Gasteiger partial charge in [0.15, 0.2) is 0 Å². The molecular weight excluding hydrogens is 327 g/mol. The van der Waals surface area contributed by atoms with Gasteiger partial charge in [0.1, 0.15) is 11.6 Å². The summed E-state index contributed by atoms with van der Waals surface area (Å²) in [5.74, 6) is 0.289. The number of Topliss-reactive ketones (excluding diaryl/α,β-unsaturated/α-hetero) is 1. The molecule has 4 heteroatoms. The molecule has 0 radical (unpaired) electrons. The Morgan fingerprint density at radius 3 is 2.47 bits per heavy atom. The van der Waals surface area contributed by atoms with Crippen molar-refractivity contribution in [3.8, 4) is 0 Å². The minimum atomic E-state index is -0.260. The molecule has 0 fully saturated rings. The normalized spacial score (nSPS) is 10.4. The molecule has 0 aliphatic heterocycles. The van der Waals surface area contributed by atoms with Crippen molar-refractivity contribution in [2.45, 2.75) is 11.3 Å². The maximum absolute atomic E-state index is 12.7. The van der Waals surface area contributed by atoms with Gasteiger partial charge in [-0.3, -0.25) is 4.79 Å². The molecule has 0 aliphatic rings. The number of halogens is 2. The number of carbonyl (C=O) groups is 1. The summed E-state index contributed by atoms with van der Waals surface area (Å²) in [7, 11) is 0. The molecule has 0 bridgehead atoms. The average molecular weight is 339 g/mol. The van der Waals surface area contributed by atoms with Crippen LogP contribution in [-0.2, 0) is 11.2 Å². The van der Waals surface area contributed by atoms with Crippen LogP contribution < -0.4 is 0 Å². The molecule has 98 valence electrons. The zero-order chi connectivity index (χ0) is 13.7. The van der Waals surface area contributed by atoms with Crippen LogP contribution in [-0.4, -0.2) is 11.5 Å². The topological polar surface area (TPSA) is 17.1 Å². The first-order valence-corrected chi connectivity index (χ1v) is 7.56. The minimum absolute atomic E-state index is 0.154. The summed E-state index contributed by atoms with van der Waals surface area (Å²) >= 11 is 4.86. The van der Waals surface area contributed by atoms with Crippen LogP contribution in [0.4, 0.5) is 4.39 Å². The van der Waals surface area contributed by atoms with E-state index >= 15 is 0 Å². The highest BCUT2D eigenvalue weighted by Crippen LogP contribution is 2.20. The van der Waals surface area contributed by atoms with Gasteiger partial charge in [-0.2, -0.15) is 0 Å². The number of hydrogen-bond donors (Lipinski definition) is 0. The maximum Gasteiger partial charge on any atom is 0.147 e. The van der Waals surface area contributed by atoms with Gasteiger partial charge in [-0.05, 0) is 35.9 Å². The second kappa shape index (κ2) is 6.87. The predicted molar refractivity (Wildman–Crippen MR) is 80.0 cm³/mol. The Balaban J connectivity index is 1.88. The lowest BCUT2D eigenvalue weighted by Gasteiger charge is -2.04. The lowest BCUT2D eigenvalue weighted by molar-refractivity contribution is -0.116. The summed E-state index contributed by atoms with van der Waals surface area (Å²) in [6, 6.07) is 13.9. The molecule has 0 amide bonds. The molecule has 0 heterocycles. The zero-order valence-corrected chi connectivity index (χ0v) is 12.5. The van der Waals surface area contributed by atoms with Crippen molar-refractivity contribution in [2.24, 2.45) is 0 Å². The quantitative estimate of drug-likeness (QED) is 0.747. The number of hydrogen-bond acceptors (Lipinski definition) is 2. The van der Waals surface area contributed by atoms with Crippen molar-refractivity contribution in [1.29, 1.82) is 0 Å². The van der Waals surface area contributed by atoms with E-state index < -0.39 is 0 Å². The smallest absolute Gasteiger partial charge is 0.147 e. The van der Waals surface area contributed by atoms with Gasteiger partial charge in [-0.15, -0.1) is 11.8 Å². The Kier molecular flexibility index (Phi) is 5.16. The third kappa shape index (κ3) is 4.48. The van der Waals surface area contributed by atoms with E-state index in [2.05, 4.69) is 15.9 Å². The molecule has 0 spiro atoms. The number of rotatable bonds is 5. The molecule has 2 aromatic carbocycles. The number of thioether (sulfide) groups is 1. The summed E-state index contributed by atoms with van der Waals surface area (Å²) in [5.41, 5.74) is 0.993. The molecule has 0 aromatic heterocycles. The minimum Gasteiger partial charge on any atom is -0.298 e. The molecular formula is C15H12BrFOS. The average Bonchev–Trinajstić information content (AvgIpc) is 2.41. The largest absolute Gasteiger partial charge is 0.298 e. The van der Waals surface area contributed by atoms with E-state index in [1.807, 2.05) is 24.3 Å². The molecule has 0 unspecified atom stereocenters. The van der Waals surface area contributed by atoms with Gasteiger partial charge in [-0.25, -0.2) is 4.39 Å². The van der Waals surface area contributed by atoms with Gasteiger partial charge >= 0.3 is 0 Å². The van der Waals surface area contributed by atoms with E-state index in [1.165, 1.54) is 23.9 Å². The Hall–Kier alpha value is -1.13. The molecule has 0 saturated carbocycles. The van der Waals surface area contributed by atoms with Gasteiger partial charge in [0.2, 0.25) is 0 Å². The van der Waals surface area contributed by atoms with Crippen LogP contribution in [0.3, 0.4) is 0 Å². The number of ketones is 1. The molecule has 1 nitrogen and oxygen atoms in total. The fraction of sp³-hybridized carbons (Fsp3) is 0.133. The van der Waals surface area contributed by atoms with Gasteiger partial charge in [0.05, 0.1) is 5.75 Å². The van der Waals surface area contributed by atoms with Crippen molar-refractivity contribution < 1.29 is 9.18 Å². The van der Waals surface area contributed by atoms with Gasteiger partial charge in [0, 0.05) is 15.8 Å². The van der Waals surface area contributed by atoms with Crippen LogP contribution >= 0.6 is 27.7 Å². The lowest BCUT2D eigenvalue weighted by Crippen LogP contribution is -2.06. The van der Waals surface area contributed by atoms with Gasteiger partial charge in [-0.1, -0.05) is 34.1 Å². The van der Waals surface area contributed by atoms with Gasteiger partial charge < -0.3 is 0 Å². The predicted octanol–water partition coefficient (Wildman–Crippen LogP) is 4.49. The molecule has 0 atom stereocenters. The van der Waals surface area contributed by atoms with Crippen molar-refractivity contribution in [3.63, 3.8) is 0 Å². The number of benzene rings is 2. The van der Waals surface area contributed by atoms with Crippen molar-refractivity contribution in [2.75, 3.05) is 5.75 Å². The second-order valence-corrected chi connectivity index (χ2v) is 5.95. The molecule has 2 aromatic rings. The third-order valence-corrected chi connectivity index (χ3v) is 4.40. The fourth-order valence-electron chi connectivity index (χ4n) is 1.60. The molecule has 0 aliphatic carbocycles. The zero-order valence-electron chi connectivity index (χ0n) is 10.1. The second-order valence-electron chi connectivity index (χ2n) is 4.05. The monoisotopic (exact) mass is 338 g/mol. The highest BCUT2D eigenvalue weighted by Gasteiger charge is 2.07. The van der Waals surface area contributed by atoms with E-state index in [0.717, 1.165) is 14.9 Å². The highest BCUT2D eigenvalue weighted by molar-refractivity contribution is 9.10. The van der Waals surface area contributed by atoms with E-state index in [9.17, 15) is 9.18 Å². The van der Waals surface area contributed by atoms with Crippen LogP contribution in [0.15, 0.2) is 57.9 Å². The summed E-state index contributed by atoms with van der Waals surface area (Å²) < 4.78 is 13.7. The summed E-state index contributed by atoms with van der Waals surface area (Å²) in [5, 5.41) is 0. The van der Waals surface area contributed by atoms with Crippen LogP contribution in [0, 0.1) is 5.82 Å². The lowest BCUT2D eigenvalue weighted by atomic mass is 10.1. The van der Waals surface area contributed by atoms with E-state index in [0.29, 0.717) is 12.2 Å².